The van der Waals surface area contributed by atoms with Gasteiger partial charge in [-0.15, -0.1) is 10.2 Å². The summed E-state index contributed by atoms with van der Waals surface area (Å²) in [4.78, 5) is 23.5. The number of amides is 2. The number of hydrogen-bond acceptors (Lipinski definition) is 6. The molecular weight excluding hydrogens is 401 g/mol. The van der Waals surface area contributed by atoms with Crippen LogP contribution in [0.3, 0.4) is 0 Å². The third kappa shape index (κ3) is 7.18. The summed E-state index contributed by atoms with van der Waals surface area (Å²) in [5.74, 6) is -0.663. The molecule has 146 valence electrons. The van der Waals surface area contributed by atoms with Gasteiger partial charge >= 0.3 is 6.18 Å². The smallest absolute Gasteiger partial charge is 0.325 e. The highest BCUT2D eigenvalue weighted by atomic mass is 32.2. The van der Waals surface area contributed by atoms with Gasteiger partial charge in [-0.25, -0.2) is 0 Å². The molecule has 0 bridgehead atoms. The van der Waals surface area contributed by atoms with Gasteiger partial charge in [0, 0.05) is 12.1 Å². The molecule has 0 atom stereocenters. The number of carbonyl (C=O) groups is 2. The fourth-order valence-electron chi connectivity index (χ4n) is 1.94. The maximum Gasteiger partial charge on any atom is 0.416 e. The van der Waals surface area contributed by atoms with Gasteiger partial charge in [0.15, 0.2) is 4.34 Å². The van der Waals surface area contributed by atoms with E-state index in [1.54, 1.807) is 0 Å². The number of thioether (sulfide) groups is 1. The number of benzene rings is 1. The number of nitrogens with zero attached hydrogens (tertiary/aromatic N) is 2. The van der Waals surface area contributed by atoms with Gasteiger partial charge in [0.05, 0.1) is 11.3 Å². The highest BCUT2D eigenvalue weighted by molar-refractivity contribution is 8.01. The number of carbonyl (C=O) groups excluding carboxylic acids is 2. The van der Waals surface area contributed by atoms with Gasteiger partial charge in [-0.3, -0.25) is 9.59 Å². The predicted octanol–water partition coefficient (Wildman–Crippen LogP) is 4.42. The first kappa shape index (κ1) is 21.2. The van der Waals surface area contributed by atoms with Crippen LogP contribution in [-0.2, 0) is 15.8 Å². The van der Waals surface area contributed by atoms with Gasteiger partial charge in [0.1, 0.15) is 0 Å². The third-order valence-electron chi connectivity index (χ3n) is 3.21. The number of rotatable bonds is 8. The van der Waals surface area contributed by atoms with Crippen molar-refractivity contribution in [3.05, 3.63) is 29.8 Å². The van der Waals surface area contributed by atoms with Gasteiger partial charge < -0.3 is 10.6 Å². The molecule has 0 fully saturated rings. The van der Waals surface area contributed by atoms with Crippen molar-refractivity contribution in [2.24, 2.45) is 0 Å². The summed E-state index contributed by atoms with van der Waals surface area (Å²) in [7, 11) is 0. The molecule has 1 aromatic heterocycles. The summed E-state index contributed by atoms with van der Waals surface area (Å²) in [5.41, 5.74) is -0.767. The first-order chi connectivity index (χ1) is 12.8. The minimum atomic E-state index is -4.47. The maximum atomic E-state index is 12.7. The Morgan fingerprint density at radius 3 is 2.67 bits per heavy atom. The Hall–Kier alpha value is -2.14. The lowest BCUT2D eigenvalue weighted by molar-refractivity contribution is -0.137. The van der Waals surface area contributed by atoms with Gasteiger partial charge in [0.25, 0.3) is 0 Å². The molecular formula is C16H17F3N4O2S2. The molecule has 0 saturated heterocycles. The average molecular weight is 418 g/mol. The number of nitrogens with one attached hydrogen (secondary N) is 2. The average Bonchev–Trinajstić information content (AvgIpc) is 3.05. The number of aromatic nitrogens is 2. The summed E-state index contributed by atoms with van der Waals surface area (Å²) in [6.45, 7) is 1.98. The number of anilines is 2. The number of hydrogen-bond donors (Lipinski definition) is 2. The van der Waals surface area contributed by atoms with E-state index in [0.717, 1.165) is 48.1 Å². The first-order valence-electron chi connectivity index (χ1n) is 8.01. The summed E-state index contributed by atoms with van der Waals surface area (Å²) < 4.78 is 38.5. The molecule has 11 heteroatoms. The third-order valence-corrected chi connectivity index (χ3v) is 5.18. The zero-order valence-electron chi connectivity index (χ0n) is 14.3. The number of alkyl halides is 3. The predicted molar refractivity (Wildman–Crippen MR) is 98.9 cm³/mol. The van der Waals surface area contributed by atoms with E-state index in [1.165, 1.54) is 12.1 Å². The van der Waals surface area contributed by atoms with Crippen molar-refractivity contribution in [1.82, 2.24) is 10.2 Å². The Kier molecular flexibility index (Phi) is 7.60. The standard InChI is InChI=1S/C16H17F3N4O2S2/c1-2-3-7-12(24)21-14-22-23-15(27-14)26-9-13(25)20-11-6-4-5-10(8-11)16(17,18)19/h4-6,8H,2-3,7,9H2,1H3,(H,20,25)(H,21,22,24). The zero-order chi connectivity index (χ0) is 19.9. The normalized spacial score (nSPS) is 11.3. The molecule has 1 aromatic carbocycles. The Balaban J connectivity index is 1.83. The van der Waals surface area contributed by atoms with Crippen LogP contribution < -0.4 is 10.6 Å². The van der Waals surface area contributed by atoms with E-state index in [1.807, 2.05) is 6.92 Å². The largest absolute Gasteiger partial charge is 0.416 e. The van der Waals surface area contributed by atoms with E-state index >= 15 is 0 Å². The lowest BCUT2D eigenvalue weighted by Gasteiger charge is -2.09. The molecule has 0 aliphatic carbocycles. The lowest BCUT2D eigenvalue weighted by atomic mass is 10.2. The van der Waals surface area contributed by atoms with Crippen LogP contribution in [0, 0.1) is 0 Å². The molecule has 2 amide bonds. The Morgan fingerprint density at radius 2 is 1.96 bits per heavy atom. The summed E-state index contributed by atoms with van der Waals surface area (Å²) in [6.07, 6.45) is -2.38. The second-order valence-corrected chi connectivity index (χ2v) is 7.64. The van der Waals surface area contributed by atoms with Crippen molar-refractivity contribution in [3.8, 4) is 0 Å². The maximum absolute atomic E-state index is 12.7. The molecule has 0 aliphatic heterocycles. The van der Waals surface area contributed by atoms with Gasteiger partial charge in [-0.1, -0.05) is 42.5 Å². The van der Waals surface area contributed by atoms with Crippen molar-refractivity contribution >= 4 is 45.7 Å². The summed E-state index contributed by atoms with van der Waals surface area (Å²) >= 11 is 2.21. The minimum absolute atomic E-state index is 0.0470. The van der Waals surface area contributed by atoms with E-state index in [9.17, 15) is 22.8 Å². The van der Waals surface area contributed by atoms with Crippen molar-refractivity contribution in [2.45, 2.75) is 36.7 Å². The van der Waals surface area contributed by atoms with E-state index in [4.69, 9.17) is 0 Å². The van der Waals surface area contributed by atoms with Crippen molar-refractivity contribution in [2.75, 3.05) is 16.4 Å². The molecule has 2 aromatic rings. The lowest BCUT2D eigenvalue weighted by Crippen LogP contribution is -2.15. The van der Waals surface area contributed by atoms with Crippen LogP contribution in [0.15, 0.2) is 28.6 Å². The van der Waals surface area contributed by atoms with Crippen molar-refractivity contribution in [3.63, 3.8) is 0 Å². The molecule has 0 aliphatic rings. The van der Waals surface area contributed by atoms with Crippen LogP contribution in [-0.4, -0.2) is 27.8 Å². The zero-order valence-corrected chi connectivity index (χ0v) is 15.9. The van der Waals surface area contributed by atoms with Crippen LogP contribution in [0.1, 0.15) is 31.7 Å². The molecule has 0 radical (unpaired) electrons. The topological polar surface area (TPSA) is 84.0 Å². The van der Waals surface area contributed by atoms with Crippen LogP contribution in [0.4, 0.5) is 24.0 Å². The highest BCUT2D eigenvalue weighted by Crippen LogP contribution is 2.31. The van der Waals surface area contributed by atoms with E-state index < -0.39 is 17.6 Å². The molecule has 0 spiro atoms. The van der Waals surface area contributed by atoms with Crippen LogP contribution >= 0.6 is 23.1 Å². The van der Waals surface area contributed by atoms with Crippen molar-refractivity contribution in [1.29, 1.82) is 0 Å². The van der Waals surface area contributed by atoms with Gasteiger partial charge in [-0.2, -0.15) is 13.2 Å². The van der Waals surface area contributed by atoms with Crippen molar-refractivity contribution < 1.29 is 22.8 Å². The summed E-state index contributed by atoms with van der Waals surface area (Å²) in [6, 6.07) is 4.41. The molecule has 2 rings (SSSR count). The molecule has 1 heterocycles. The Morgan fingerprint density at radius 1 is 1.19 bits per heavy atom. The Labute approximate surface area is 161 Å². The van der Waals surface area contributed by atoms with Crippen LogP contribution in [0.2, 0.25) is 0 Å². The van der Waals surface area contributed by atoms with Crippen LogP contribution in [0.25, 0.3) is 0 Å². The molecule has 27 heavy (non-hydrogen) atoms. The molecule has 2 N–H and O–H groups in total. The quantitative estimate of drug-likeness (QED) is 0.490. The second-order valence-electron chi connectivity index (χ2n) is 5.44. The minimum Gasteiger partial charge on any atom is -0.325 e. The fourth-order valence-corrected chi connectivity index (χ4v) is 3.50. The SMILES string of the molecule is CCCCC(=O)Nc1nnc(SCC(=O)Nc2cccc(C(F)(F)F)c2)s1. The summed E-state index contributed by atoms with van der Waals surface area (Å²) in [5, 5.41) is 13.1. The molecule has 0 unspecified atom stereocenters. The van der Waals surface area contributed by atoms with E-state index in [-0.39, 0.29) is 17.3 Å². The molecule has 0 saturated carbocycles. The Bertz CT molecular complexity index is 796. The number of unbranched alkanes of at least 4 members (excludes halogenated alkanes) is 1. The fraction of sp³-hybridized carbons (Fsp3) is 0.375. The van der Waals surface area contributed by atoms with E-state index in [2.05, 4.69) is 20.8 Å². The van der Waals surface area contributed by atoms with E-state index in [0.29, 0.717) is 15.9 Å². The number of halogens is 3. The molecule has 6 nitrogen and oxygen atoms in total. The highest BCUT2D eigenvalue weighted by Gasteiger charge is 2.30. The van der Waals surface area contributed by atoms with Gasteiger partial charge in [0.2, 0.25) is 16.9 Å². The monoisotopic (exact) mass is 418 g/mol. The first-order valence-corrected chi connectivity index (χ1v) is 9.81. The second kappa shape index (κ2) is 9.70. The van der Waals surface area contributed by atoms with Crippen LogP contribution in [0.5, 0.6) is 0 Å². The van der Waals surface area contributed by atoms with Gasteiger partial charge in [-0.05, 0) is 24.6 Å².